The number of halogens is 1. The Morgan fingerprint density at radius 3 is 2.29 bits per heavy atom. The van der Waals surface area contributed by atoms with Gasteiger partial charge in [0.1, 0.15) is 5.82 Å². The first-order chi connectivity index (χ1) is 6.68. The lowest BCUT2D eigenvalue weighted by atomic mass is 10.2. The second kappa shape index (κ2) is 3.24. The highest BCUT2D eigenvalue weighted by molar-refractivity contribution is 5.49. The zero-order chi connectivity index (χ0) is 10.2. The molecule has 2 nitrogen and oxygen atoms in total. The van der Waals surface area contributed by atoms with Crippen LogP contribution in [0.4, 0.5) is 10.1 Å². The van der Waals surface area contributed by atoms with Gasteiger partial charge in [-0.05, 0) is 44.2 Å². The van der Waals surface area contributed by atoms with E-state index in [1.165, 1.54) is 12.1 Å². The van der Waals surface area contributed by atoms with E-state index in [1.807, 2.05) is 26.2 Å². The van der Waals surface area contributed by atoms with Crippen LogP contribution in [0.2, 0.25) is 0 Å². The van der Waals surface area contributed by atoms with Crippen molar-refractivity contribution in [1.29, 1.82) is 0 Å². The molecule has 0 radical (unpaired) electrons. The zero-order valence-corrected chi connectivity index (χ0v) is 8.55. The molecule has 0 aliphatic heterocycles. The van der Waals surface area contributed by atoms with Gasteiger partial charge in [-0.2, -0.15) is 0 Å². The summed E-state index contributed by atoms with van der Waals surface area (Å²) in [6.07, 6.45) is 2.30. The minimum Gasteiger partial charge on any atom is -0.356 e. The van der Waals surface area contributed by atoms with Crippen molar-refractivity contribution in [3.8, 4) is 0 Å². The third-order valence-electron chi connectivity index (χ3n) is 3.04. The maximum absolute atomic E-state index is 12.7. The van der Waals surface area contributed by atoms with Gasteiger partial charge in [0.25, 0.3) is 0 Å². The molecule has 0 atom stereocenters. The van der Waals surface area contributed by atoms with E-state index in [0.717, 1.165) is 18.5 Å². The van der Waals surface area contributed by atoms with Gasteiger partial charge in [-0.15, -0.1) is 0 Å². The van der Waals surface area contributed by atoms with Crippen molar-refractivity contribution in [2.45, 2.75) is 18.5 Å². The fraction of sp³-hybridized carbons (Fsp3) is 0.455. The van der Waals surface area contributed by atoms with Crippen LogP contribution in [0.1, 0.15) is 12.8 Å². The van der Waals surface area contributed by atoms with E-state index < -0.39 is 0 Å². The third-order valence-corrected chi connectivity index (χ3v) is 3.04. The minimum absolute atomic E-state index is 0.109. The van der Waals surface area contributed by atoms with Crippen molar-refractivity contribution in [1.82, 2.24) is 5.32 Å². The largest absolute Gasteiger partial charge is 0.356 e. The summed E-state index contributed by atoms with van der Waals surface area (Å²) in [7, 11) is 4.00. The molecule has 1 N–H and O–H groups in total. The molecular weight excluding hydrogens is 179 g/mol. The predicted octanol–water partition coefficient (Wildman–Crippen LogP) is 1.97. The van der Waals surface area contributed by atoms with Gasteiger partial charge in [0, 0.05) is 12.7 Å². The highest BCUT2D eigenvalue weighted by atomic mass is 19.1. The van der Waals surface area contributed by atoms with Gasteiger partial charge in [0.05, 0.1) is 5.66 Å². The van der Waals surface area contributed by atoms with Crippen LogP contribution in [0, 0.1) is 5.82 Å². The van der Waals surface area contributed by atoms with E-state index >= 15 is 0 Å². The molecule has 0 saturated heterocycles. The molecule has 0 heterocycles. The fourth-order valence-electron chi connectivity index (χ4n) is 1.78. The summed E-state index contributed by atoms with van der Waals surface area (Å²) in [6, 6.07) is 6.62. The Labute approximate surface area is 83.7 Å². The molecule has 1 saturated carbocycles. The Balaban J connectivity index is 2.19. The zero-order valence-electron chi connectivity index (χ0n) is 8.55. The number of nitrogens with one attached hydrogen (secondary N) is 1. The van der Waals surface area contributed by atoms with Crippen LogP contribution in [0.25, 0.3) is 0 Å². The van der Waals surface area contributed by atoms with Crippen LogP contribution in [0.15, 0.2) is 24.3 Å². The first kappa shape index (κ1) is 9.46. The summed E-state index contributed by atoms with van der Waals surface area (Å²) < 4.78 is 12.7. The van der Waals surface area contributed by atoms with Gasteiger partial charge in [-0.3, -0.25) is 5.32 Å². The first-order valence-corrected chi connectivity index (χ1v) is 4.86. The number of hydrogen-bond acceptors (Lipinski definition) is 2. The Hall–Kier alpha value is -1.09. The van der Waals surface area contributed by atoms with Gasteiger partial charge in [-0.1, -0.05) is 0 Å². The van der Waals surface area contributed by atoms with Gasteiger partial charge < -0.3 is 4.90 Å². The normalized spacial score (nSPS) is 17.9. The Morgan fingerprint density at radius 2 is 1.86 bits per heavy atom. The molecule has 0 amide bonds. The molecule has 0 bridgehead atoms. The van der Waals surface area contributed by atoms with Crippen molar-refractivity contribution >= 4 is 5.69 Å². The first-order valence-electron chi connectivity index (χ1n) is 4.86. The molecule has 1 aliphatic rings. The molecule has 3 heteroatoms. The SMILES string of the molecule is CNC1(N(C)c2ccc(F)cc2)CC1. The number of anilines is 1. The van der Waals surface area contributed by atoms with E-state index in [9.17, 15) is 4.39 Å². The fourth-order valence-corrected chi connectivity index (χ4v) is 1.78. The van der Waals surface area contributed by atoms with Crippen LogP contribution in [-0.4, -0.2) is 19.8 Å². The molecule has 1 aromatic rings. The lowest BCUT2D eigenvalue weighted by Gasteiger charge is -2.29. The smallest absolute Gasteiger partial charge is 0.123 e. The van der Waals surface area contributed by atoms with Crippen molar-refractivity contribution < 1.29 is 4.39 Å². The summed E-state index contributed by atoms with van der Waals surface area (Å²) in [5, 5.41) is 3.30. The summed E-state index contributed by atoms with van der Waals surface area (Å²) in [5.74, 6) is -0.184. The van der Waals surface area contributed by atoms with Crippen molar-refractivity contribution in [3.05, 3.63) is 30.1 Å². The molecule has 1 aliphatic carbocycles. The Morgan fingerprint density at radius 1 is 1.29 bits per heavy atom. The maximum atomic E-state index is 12.7. The van der Waals surface area contributed by atoms with E-state index in [0.29, 0.717) is 0 Å². The summed E-state index contributed by atoms with van der Waals surface area (Å²) in [6.45, 7) is 0. The average molecular weight is 194 g/mol. The maximum Gasteiger partial charge on any atom is 0.123 e. The second-order valence-electron chi connectivity index (χ2n) is 3.82. The average Bonchev–Trinajstić information content (AvgIpc) is 2.99. The molecule has 0 spiro atoms. The van der Waals surface area contributed by atoms with Gasteiger partial charge >= 0.3 is 0 Å². The van der Waals surface area contributed by atoms with Gasteiger partial charge in [-0.25, -0.2) is 4.39 Å². The lowest BCUT2D eigenvalue weighted by molar-refractivity contribution is 0.540. The number of benzene rings is 1. The topological polar surface area (TPSA) is 15.3 Å². The standard InChI is InChI=1S/C11H15FN2/c1-13-11(7-8-11)14(2)10-5-3-9(12)4-6-10/h3-6,13H,7-8H2,1-2H3. The van der Waals surface area contributed by atoms with E-state index in [2.05, 4.69) is 10.2 Å². The second-order valence-corrected chi connectivity index (χ2v) is 3.82. The third kappa shape index (κ3) is 1.48. The van der Waals surface area contributed by atoms with Crippen LogP contribution < -0.4 is 10.2 Å². The molecular formula is C11H15FN2. The Kier molecular flexibility index (Phi) is 2.19. The minimum atomic E-state index is -0.184. The van der Waals surface area contributed by atoms with Crippen LogP contribution in [-0.2, 0) is 0 Å². The Bertz CT molecular complexity index is 317. The molecule has 1 aromatic carbocycles. The lowest BCUT2D eigenvalue weighted by Crippen LogP contribution is -2.44. The number of rotatable bonds is 3. The van der Waals surface area contributed by atoms with Crippen LogP contribution in [0.3, 0.4) is 0 Å². The van der Waals surface area contributed by atoms with Gasteiger partial charge in [0.2, 0.25) is 0 Å². The summed E-state index contributed by atoms with van der Waals surface area (Å²) in [5.41, 5.74) is 1.16. The van der Waals surface area contributed by atoms with E-state index in [4.69, 9.17) is 0 Å². The number of hydrogen-bond donors (Lipinski definition) is 1. The van der Waals surface area contributed by atoms with Crippen molar-refractivity contribution in [3.63, 3.8) is 0 Å². The predicted molar refractivity (Wildman–Crippen MR) is 55.8 cm³/mol. The van der Waals surface area contributed by atoms with Crippen molar-refractivity contribution in [2.24, 2.45) is 0 Å². The molecule has 14 heavy (non-hydrogen) atoms. The molecule has 2 rings (SSSR count). The molecule has 1 fully saturated rings. The van der Waals surface area contributed by atoms with Crippen LogP contribution in [0.5, 0.6) is 0 Å². The molecule has 76 valence electrons. The molecule has 0 aromatic heterocycles. The van der Waals surface area contributed by atoms with Crippen molar-refractivity contribution in [2.75, 3.05) is 19.0 Å². The molecule has 0 unspecified atom stereocenters. The van der Waals surface area contributed by atoms with E-state index in [-0.39, 0.29) is 11.5 Å². The van der Waals surface area contributed by atoms with Gasteiger partial charge in [0.15, 0.2) is 0 Å². The summed E-state index contributed by atoms with van der Waals surface area (Å²) in [4.78, 5) is 2.17. The quantitative estimate of drug-likeness (QED) is 0.740. The monoisotopic (exact) mass is 194 g/mol. The summed E-state index contributed by atoms with van der Waals surface area (Å²) >= 11 is 0. The van der Waals surface area contributed by atoms with Crippen LogP contribution >= 0.6 is 0 Å². The highest BCUT2D eigenvalue weighted by Gasteiger charge is 2.45. The number of nitrogens with zero attached hydrogens (tertiary/aromatic N) is 1. The van der Waals surface area contributed by atoms with E-state index in [1.54, 1.807) is 0 Å². The highest BCUT2D eigenvalue weighted by Crippen LogP contribution is 2.40.